The van der Waals surface area contributed by atoms with E-state index in [0.29, 0.717) is 0 Å². The maximum Gasteiger partial charge on any atom is 0.273 e. The first-order valence-electron chi connectivity index (χ1n) is 4.01. The van der Waals surface area contributed by atoms with Crippen LogP contribution in [0, 0.1) is 15.9 Å². The van der Waals surface area contributed by atoms with Gasteiger partial charge in [0.15, 0.2) is 0 Å². The highest BCUT2D eigenvalue weighted by Gasteiger charge is 2.14. The molecule has 8 heteroatoms. The van der Waals surface area contributed by atoms with Crippen molar-refractivity contribution in [2.75, 3.05) is 0 Å². The van der Waals surface area contributed by atoms with Gasteiger partial charge in [0.2, 0.25) is 4.73 Å². The summed E-state index contributed by atoms with van der Waals surface area (Å²) < 4.78 is 18.0. The van der Waals surface area contributed by atoms with Crippen LogP contribution in [0.4, 0.5) is 10.1 Å². The summed E-state index contributed by atoms with van der Waals surface area (Å²) in [5, 5.41) is 13.9. The molecule has 0 aliphatic rings. The number of aromatic nitrogens is 2. The van der Waals surface area contributed by atoms with Crippen molar-refractivity contribution in [3.63, 3.8) is 0 Å². The van der Waals surface area contributed by atoms with Crippen molar-refractivity contribution in [1.82, 2.24) is 10.1 Å². The highest BCUT2D eigenvalue weighted by Crippen LogP contribution is 2.24. The van der Waals surface area contributed by atoms with Crippen LogP contribution >= 0.6 is 15.9 Å². The van der Waals surface area contributed by atoms with Gasteiger partial charge in [-0.05, 0) is 27.2 Å². The second-order valence-electron chi connectivity index (χ2n) is 2.82. The molecule has 0 atom stereocenters. The van der Waals surface area contributed by atoms with Crippen molar-refractivity contribution in [3.05, 3.63) is 38.9 Å². The zero-order valence-corrected chi connectivity index (χ0v) is 9.14. The number of halogens is 2. The van der Waals surface area contributed by atoms with Crippen LogP contribution in [0.3, 0.4) is 0 Å². The maximum absolute atomic E-state index is 13.1. The average molecular weight is 288 g/mol. The molecule has 0 unspecified atom stereocenters. The molecule has 0 radical (unpaired) electrons. The second kappa shape index (κ2) is 3.97. The molecular weight excluding hydrogens is 285 g/mol. The predicted molar refractivity (Wildman–Crippen MR) is 54.0 cm³/mol. The Labute approximate surface area is 96.4 Å². The molecule has 2 rings (SSSR count). The Hall–Kier alpha value is -1.83. The Bertz CT molecular complexity index is 557. The van der Waals surface area contributed by atoms with Gasteiger partial charge in [0.1, 0.15) is 5.82 Å². The van der Waals surface area contributed by atoms with Crippen LogP contribution in [-0.4, -0.2) is 15.1 Å². The van der Waals surface area contributed by atoms with Gasteiger partial charge in [0, 0.05) is 11.6 Å². The lowest BCUT2D eigenvalue weighted by Gasteiger charge is -1.95. The number of hydrogen-bond acceptors (Lipinski definition) is 5. The molecule has 1 aromatic heterocycles. The normalized spacial score (nSPS) is 10.4. The van der Waals surface area contributed by atoms with Gasteiger partial charge in [0.05, 0.1) is 11.0 Å². The SMILES string of the molecule is O=[N+]([O-])c1cc(F)cc(-c2nc(Br)no2)c1. The van der Waals surface area contributed by atoms with Crippen LogP contribution in [0.15, 0.2) is 27.5 Å². The van der Waals surface area contributed by atoms with E-state index in [2.05, 4.69) is 26.1 Å². The van der Waals surface area contributed by atoms with Crippen molar-refractivity contribution in [3.8, 4) is 11.5 Å². The van der Waals surface area contributed by atoms with E-state index in [-0.39, 0.29) is 21.9 Å². The lowest BCUT2D eigenvalue weighted by molar-refractivity contribution is -0.385. The Kier molecular flexibility index (Phi) is 2.65. The average Bonchev–Trinajstić information content (AvgIpc) is 2.64. The zero-order chi connectivity index (χ0) is 11.7. The molecule has 0 saturated carbocycles. The highest BCUT2D eigenvalue weighted by molar-refractivity contribution is 9.10. The van der Waals surface area contributed by atoms with Gasteiger partial charge < -0.3 is 4.52 Å². The largest absolute Gasteiger partial charge is 0.333 e. The van der Waals surface area contributed by atoms with Crippen LogP contribution in [0.2, 0.25) is 0 Å². The van der Waals surface area contributed by atoms with E-state index in [4.69, 9.17) is 4.52 Å². The minimum atomic E-state index is -0.737. The van der Waals surface area contributed by atoms with E-state index in [1.54, 1.807) is 0 Å². The van der Waals surface area contributed by atoms with Crippen LogP contribution in [-0.2, 0) is 0 Å². The third-order valence-corrected chi connectivity index (χ3v) is 2.06. The second-order valence-corrected chi connectivity index (χ2v) is 3.53. The Balaban J connectivity index is 2.53. The van der Waals surface area contributed by atoms with Crippen molar-refractivity contribution in [2.45, 2.75) is 0 Å². The third kappa shape index (κ3) is 2.06. The van der Waals surface area contributed by atoms with E-state index >= 15 is 0 Å². The molecule has 2 aromatic rings. The first-order chi connectivity index (χ1) is 7.56. The molecule has 1 aromatic carbocycles. The van der Waals surface area contributed by atoms with Gasteiger partial charge in [0.25, 0.3) is 11.6 Å². The van der Waals surface area contributed by atoms with E-state index in [1.165, 1.54) is 0 Å². The fourth-order valence-electron chi connectivity index (χ4n) is 1.13. The molecule has 0 spiro atoms. The highest BCUT2D eigenvalue weighted by atomic mass is 79.9. The molecule has 0 aliphatic heterocycles. The van der Waals surface area contributed by atoms with E-state index < -0.39 is 10.7 Å². The smallest absolute Gasteiger partial charge is 0.273 e. The number of nitrogens with zero attached hydrogens (tertiary/aromatic N) is 3. The Morgan fingerprint density at radius 1 is 1.44 bits per heavy atom. The number of non-ortho nitro benzene ring substituents is 1. The number of nitro groups is 1. The van der Waals surface area contributed by atoms with Gasteiger partial charge >= 0.3 is 0 Å². The van der Waals surface area contributed by atoms with E-state index in [1.807, 2.05) is 0 Å². The topological polar surface area (TPSA) is 82.1 Å². The molecule has 1 heterocycles. The summed E-state index contributed by atoms with van der Waals surface area (Å²) in [5.74, 6) is -0.729. The molecule has 0 N–H and O–H groups in total. The van der Waals surface area contributed by atoms with Gasteiger partial charge in [-0.3, -0.25) is 10.1 Å². The van der Waals surface area contributed by atoms with Gasteiger partial charge in [-0.15, -0.1) is 0 Å². The monoisotopic (exact) mass is 287 g/mol. The fourth-order valence-corrected chi connectivity index (χ4v) is 1.36. The fraction of sp³-hybridized carbons (Fsp3) is 0. The lowest BCUT2D eigenvalue weighted by Crippen LogP contribution is -1.90. The lowest BCUT2D eigenvalue weighted by atomic mass is 10.2. The molecule has 0 amide bonds. The molecule has 0 fully saturated rings. The minimum Gasteiger partial charge on any atom is -0.333 e. The summed E-state index contributed by atoms with van der Waals surface area (Å²) in [7, 11) is 0. The molecule has 82 valence electrons. The zero-order valence-electron chi connectivity index (χ0n) is 7.55. The van der Waals surface area contributed by atoms with E-state index in [0.717, 1.165) is 18.2 Å². The number of rotatable bonds is 2. The van der Waals surface area contributed by atoms with Crippen LogP contribution < -0.4 is 0 Å². The molecule has 0 saturated heterocycles. The van der Waals surface area contributed by atoms with Gasteiger partial charge in [-0.25, -0.2) is 4.39 Å². The van der Waals surface area contributed by atoms with Crippen LogP contribution in [0.25, 0.3) is 11.5 Å². The first kappa shape index (κ1) is 10.7. The minimum absolute atomic E-state index is 0.00877. The molecular formula is C8H3BrFN3O3. The summed E-state index contributed by atoms with van der Waals surface area (Å²) in [5.41, 5.74) is -0.214. The summed E-state index contributed by atoms with van der Waals surface area (Å²) in [6.45, 7) is 0. The summed E-state index contributed by atoms with van der Waals surface area (Å²) >= 11 is 2.95. The summed E-state index contributed by atoms with van der Waals surface area (Å²) in [6.07, 6.45) is 0. The maximum atomic E-state index is 13.1. The molecule has 0 bridgehead atoms. The first-order valence-corrected chi connectivity index (χ1v) is 4.80. The molecule has 0 aliphatic carbocycles. The number of hydrogen-bond donors (Lipinski definition) is 0. The predicted octanol–water partition coefficient (Wildman–Crippen LogP) is 2.55. The summed E-state index contributed by atoms with van der Waals surface area (Å²) in [4.78, 5) is 13.6. The van der Waals surface area contributed by atoms with Crippen molar-refractivity contribution in [1.29, 1.82) is 0 Å². The van der Waals surface area contributed by atoms with Crippen molar-refractivity contribution in [2.24, 2.45) is 0 Å². The Morgan fingerprint density at radius 3 is 2.75 bits per heavy atom. The quantitative estimate of drug-likeness (QED) is 0.626. The third-order valence-electron chi connectivity index (χ3n) is 1.74. The number of benzene rings is 1. The van der Waals surface area contributed by atoms with Gasteiger partial charge in [-0.2, -0.15) is 4.98 Å². The summed E-state index contributed by atoms with van der Waals surface area (Å²) in [6, 6.07) is 3.05. The van der Waals surface area contributed by atoms with E-state index in [9.17, 15) is 14.5 Å². The van der Waals surface area contributed by atoms with Crippen molar-refractivity contribution >= 4 is 21.6 Å². The van der Waals surface area contributed by atoms with Crippen molar-refractivity contribution < 1.29 is 13.8 Å². The molecule has 6 nitrogen and oxygen atoms in total. The van der Waals surface area contributed by atoms with Crippen LogP contribution in [0.5, 0.6) is 0 Å². The number of nitro benzene ring substituents is 1. The molecule has 16 heavy (non-hydrogen) atoms. The van der Waals surface area contributed by atoms with Crippen LogP contribution in [0.1, 0.15) is 0 Å². The van der Waals surface area contributed by atoms with Gasteiger partial charge in [-0.1, -0.05) is 0 Å². The standard InChI is InChI=1S/C8H3BrFN3O3/c9-8-11-7(16-12-8)4-1-5(10)3-6(2-4)13(14)15/h1-3H. The Morgan fingerprint density at radius 2 is 2.19 bits per heavy atom.